The Morgan fingerprint density at radius 3 is 2.23 bits per heavy atom. The Kier molecular flexibility index (Phi) is 8.44. The number of urea groups is 1. The molecule has 1 aliphatic heterocycles. The number of nitrogens with zero attached hydrogens (tertiary/aromatic N) is 3. The first-order chi connectivity index (χ1) is 16.6. The summed E-state index contributed by atoms with van der Waals surface area (Å²) in [6.07, 6.45) is -5.07. The number of alkyl halides is 3. The van der Waals surface area contributed by atoms with Gasteiger partial charge in [0, 0.05) is 37.4 Å². The molecule has 1 heterocycles. The third kappa shape index (κ3) is 7.01. The summed E-state index contributed by atoms with van der Waals surface area (Å²) in [6.45, 7) is 4.79. The van der Waals surface area contributed by atoms with E-state index >= 15 is 0 Å². The molecule has 0 atom stereocenters. The highest BCUT2D eigenvalue weighted by Gasteiger charge is 2.38. The van der Waals surface area contributed by atoms with Gasteiger partial charge >= 0.3 is 18.1 Å². The summed E-state index contributed by atoms with van der Waals surface area (Å²) >= 11 is 0. The molecule has 0 radical (unpaired) electrons. The van der Waals surface area contributed by atoms with Gasteiger partial charge in [-0.2, -0.15) is 13.2 Å². The van der Waals surface area contributed by atoms with Gasteiger partial charge in [-0.3, -0.25) is 14.5 Å². The fraction of sp³-hybridized carbons (Fsp3) is 0.375. The maximum atomic E-state index is 13.9. The van der Waals surface area contributed by atoms with Crippen molar-refractivity contribution in [1.82, 2.24) is 15.1 Å². The smallest absolute Gasteiger partial charge is 0.341 e. The second kappa shape index (κ2) is 11.3. The molecule has 7 nitrogen and oxygen atoms in total. The van der Waals surface area contributed by atoms with Gasteiger partial charge in [0.2, 0.25) is 0 Å². The van der Waals surface area contributed by atoms with Gasteiger partial charge in [0.25, 0.3) is 0 Å². The maximum absolute atomic E-state index is 13.9. The van der Waals surface area contributed by atoms with Crippen molar-refractivity contribution in [3.05, 3.63) is 65.5 Å². The van der Waals surface area contributed by atoms with Crippen molar-refractivity contribution in [3.8, 4) is 0 Å². The lowest BCUT2D eigenvalue weighted by Gasteiger charge is -2.37. The van der Waals surface area contributed by atoms with Crippen LogP contribution in [0.2, 0.25) is 0 Å². The number of amides is 3. The molecule has 1 N–H and O–H groups in total. The molecule has 11 heteroatoms. The van der Waals surface area contributed by atoms with Crippen LogP contribution in [0.1, 0.15) is 22.8 Å². The van der Waals surface area contributed by atoms with Crippen LogP contribution in [-0.4, -0.2) is 73.0 Å². The van der Waals surface area contributed by atoms with Crippen LogP contribution in [0.15, 0.2) is 48.5 Å². The van der Waals surface area contributed by atoms with Crippen molar-refractivity contribution in [2.45, 2.75) is 19.6 Å². The molecule has 0 spiro atoms. The SMILES string of the molecule is CCN1CCN(C(=O)N(Cc2ccc(C(=O)CNC(=O)C(F)(F)F)cc2)c2cccc(F)c2)CC1. The van der Waals surface area contributed by atoms with E-state index in [4.69, 9.17) is 0 Å². The summed E-state index contributed by atoms with van der Waals surface area (Å²) in [6, 6.07) is 11.4. The largest absolute Gasteiger partial charge is 0.471 e. The highest BCUT2D eigenvalue weighted by molar-refractivity contribution is 5.99. The number of hydrogen-bond donors (Lipinski definition) is 1. The minimum absolute atomic E-state index is 0.0928. The van der Waals surface area contributed by atoms with Crippen LogP contribution in [-0.2, 0) is 11.3 Å². The van der Waals surface area contributed by atoms with E-state index in [0.717, 1.165) is 19.6 Å². The van der Waals surface area contributed by atoms with E-state index in [9.17, 15) is 31.9 Å². The van der Waals surface area contributed by atoms with Gasteiger partial charge < -0.3 is 15.1 Å². The molecule has 0 bridgehead atoms. The fourth-order valence-electron chi connectivity index (χ4n) is 3.68. The number of ketones is 1. The summed E-state index contributed by atoms with van der Waals surface area (Å²) in [4.78, 5) is 41.8. The Morgan fingerprint density at radius 2 is 1.66 bits per heavy atom. The van der Waals surface area contributed by atoms with Crippen molar-refractivity contribution in [2.75, 3.05) is 44.2 Å². The number of likely N-dealkylation sites (N-methyl/N-ethyl adjacent to an activating group) is 1. The number of piperazine rings is 1. The standard InChI is InChI=1S/C24H26F4N4O3/c1-2-30-10-12-31(13-11-30)23(35)32(20-5-3-4-19(25)14-20)16-17-6-8-18(9-7-17)21(33)15-29-22(34)24(26,27)28/h3-9,14H,2,10-13,15-16H2,1H3,(H,29,34). The number of Topliss-reactive ketones (excluding diaryl/α,β-unsaturated/α-hetero) is 1. The van der Waals surface area contributed by atoms with Crippen LogP contribution >= 0.6 is 0 Å². The number of anilines is 1. The molecule has 35 heavy (non-hydrogen) atoms. The molecule has 1 aliphatic rings. The molecule has 0 unspecified atom stereocenters. The molecule has 2 aromatic carbocycles. The summed E-state index contributed by atoms with van der Waals surface area (Å²) in [5, 5.41) is 1.54. The molecule has 2 aromatic rings. The molecule has 0 aliphatic carbocycles. The number of carbonyl (C=O) groups is 3. The number of halogens is 4. The third-order valence-electron chi connectivity index (χ3n) is 5.72. The van der Waals surface area contributed by atoms with Gasteiger partial charge in [-0.05, 0) is 30.3 Å². The van der Waals surface area contributed by atoms with E-state index in [1.54, 1.807) is 28.4 Å². The van der Waals surface area contributed by atoms with Gasteiger partial charge in [-0.15, -0.1) is 0 Å². The maximum Gasteiger partial charge on any atom is 0.471 e. The molecule has 0 saturated carbocycles. The van der Waals surface area contributed by atoms with Crippen LogP contribution in [0.5, 0.6) is 0 Å². The fourth-order valence-corrected chi connectivity index (χ4v) is 3.68. The zero-order valence-corrected chi connectivity index (χ0v) is 19.1. The van der Waals surface area contributed by atoms with Crippen molar-refractivity contribution in [3.63, 3.8) is 0 Å². The van der Waals surface area contributed by atoms with Crippen LogP contribution in [0.4, 0.5) is 28.0 Å². The highest BCUT2D eigenvalue weighted by Crippen LogP contribution is 2.22. The van der Waals surface area contributed by atoms with Gasteiger partial charge in [0.15, 0.2) is 5.78 Å². The lowest BCUT2D eigenvalue weighted by Crippen LogP contribution is -2.52. The third-order valence-corrected chi connectivity index (χ3v) is 5.72. The van der Waals surface area contributed by atoms with Gasteiger partial charge in [-0.25, -0.2) is 9.18 Å². The Morgan fingerprint density at radius 1 is 1.00 bits per heavy atom. The van der Waals surface area contributed by atoms with E-state index < -0.39 is 30.2 Å². The first-order valence-electron chi connectivity index (χ1n) is 11.1. The monoisotopic (exact) mass is 494 g/mol. The zero-order valence-electron chi connectivity index (χ0n) is 19.1. The lowest BCUT2D eigenvalue weighted by molar-refractivity contribution is -0.173. The number of rotatable bonds is 7. The molecule has 1 saturated heterocycles. The molecule has 3 rings (SSSR count). The molecular formula is C24H26F4N4O3. The first-order valence-corrected chi connectivity index (χ1v) is 11.1. The van der Waals surface area contributed by atoms with Crippen LogP contribution in [0.3, 0.4) is 0 Å². The number of carbonyl (C=O) groups excluding carboxylic acids is 3. The lowest BCUT2D eigenvalue weighted by atomic mass is 10.1. The predicted molar refractivity (Wildman–Crippen MR) is 122 cm³/mol. The quantitative estimate of drug-likeness (QED) is 0.473. The Labute approximate surface area is 200 Å². The van der Waals surface area contributed by atoms with Crippen molar-refractivity contribution in [2.24, 2.45) is 0 Å². The van der Waals surface area contributed by atoms with Crippen LogP contribution < -0.4 is 10.2 Å². The van der Waals surface area contributed by atoms with Crippen LogP contribution in [0, 0.1) is 5.82 Å². The average molecular weight is 494 g/mol. The second-order valence-corrected chi connectivity index (χ2v) is 8.07. The van der Waals surface area contributed by atoms with Crippen LogP contribution in [0.25, 0.3) is 0 Å². The minimum Gasteiger partial charge on any atom is -0.341 e. The number of benzene rings is 2. The Bertz CT molecular complexity index is 1050. The molecule has 1 fully saturated rings. The van der Waals surface area contributed by atoms with Crippen molar-refractivity contribution < 1.29 is 31.9 Å². The van der Waals surface area contributed by atoms with E-state index in [1.807, 2.05) is 0 Å². The molecule has 0 aromatic heterocycles. The molecule has 3 amide bonds. The van der Waals surface area contributed by atoms with Gasteiger partial charge in [0.1, 0.15) is 5.82 Å². The summed E-state index contributed by atoms with van der Waals surface area (Å²) < 4.78 is 50.8. The van der Waals surface area contributed by atoms with Crippen molar-refractivity contribution >= 4 is 23.4 Å². The Balaban J connectivity index is 1.72. The highest BCUT2D eigenvalue weighted by atomic mass is 19.4. The van der Waals surface area contributed by atoms with E-state index in [2.05, 4.69) is 11.8 Å². The molecule has 188 valence electrons. The van der Waals surface area contributed by atoms with Crippen molar-refractivity contribution in [1.29, 1.82) is 0 Å². The van der Waals surface area contributed by atoms with E-state index in [1.165, 1.54) is 35.2 Å². The van der Waals surface area contributed by atoms with E-state index in [0.29, 0.717) is 24.3 Å². The molecular weight excluding hydrogens is 468 g/mol. The summed E-state index contributed by atoms with van der Waals surface area (Å²) in [5.41, 5.74) is 1.11. The van der Waals surface area contributed by atoms with E-state index in [-0.39, 0.29) is 18.1 Å². The number of hydrogen-bond acceptors (Lipinski definition) is 4. The summed E-state index contributed by atoms with van der Waals surface area (Å²) in [5.74, 6) is -3.37. The minimum atomic E-state index is -5.07. The Hall–Kier alpha value is -3.47. The van der Waals surface area contributed by atoms with Gasteiger partial charge in [0.05, 0.1) is 13.1 Å². The average Bonchev–Trinajstić information content (AvgIpc) is 2.85. The number of nitrogens with one attached hydrogen (secondary N) is 1. The zero-order chi connectivity index (χ0) is 25.6. The van der Waals surface area contributed by atoms with Gasteiger partial charge in [-0.1, -0.05) is 37.3 Å². The normalized spacial score (nSPS) is 14.5. The predicted octanol–water partition coefficient (Wildman–Crippen LogP) is 3.45. The summed E-state index contributed by atoms with van der Waals surface area (Å²) in [7, 11) is 0. The second-order valence-electron chi connectivity index (χ2n) is 8.07. The first kappa shape index (κ1) is 26.1. The topological polar surface area (TPSA) is 73.0 Å².